The van der Waals surface area contributed by atoms with Crippen LogP contribution in [0.25, 0.3) is 6.08 Å². The number of carbonyl (C=O) groups is 1. The second-order valence-corrected chi connectivity index (χ2v) is 4.90. The second kappa shape index (κ2) is 6.99. The summed E-state index contributed by atoms with van der Waals surface area (Å²) in [5, 5.41) is 2.91. The summed E-state index contributed by atoms with van der Waals surface area (Å²) in [6.07, 6.45) is 14.3. The summed E-state index contributed by atoms with van der Waals surface area (Å²) in [7, 11) is 0. The number of H-pyrrole nitrogens is 1. The van der Waals surface area contributed by atoms with Gasteiger partial charge in [0.15, 0.2) is 0 Å². The molecule has 0 atom stereocenters. The van der Waals surface area contributed by atoms with Crippen LogP contribution in [0, 0.1) is 5.92 Å². The SMILES string of the molecule is O=C(CCC1CCCC1)NC/C=C/c1cnc[nH]1. The summed E-state index contributed by atoms with van der Waals surface area (Å²) in [6.45, 7) is 0.586. The Morgan fingerprint density at radius 1 is 1.50 bits per heavy atom. The minimum absolute atomic E-state index is 0.163. The standard InChI is InChI=1S/C14H21N3O/c18-14(8-7-12-4-1-2-5-12)16-9-3-6-13-10-15-11-17-13/h3,6,10-12H,1-2,4-5,7-9H2,(H,15,17)(H,16,18)/b6-3+. The van der Waals surface area contributed by atoms with Gasteiger partial charge in [-0.1, -0.05) is 31.8 Å². The van der Waals surface area contributed by atoms with Gasteiger partial charge < -0.3 is 10.3 Å². The molecule has 18 heavy (non-hydrogen) atoms. The van der Waals surface area contributed by atoms with Gasteiger partial charge in [-0.25, -0.2) is 4.98 Å². The number of nitrogens with zero attached hydrogens (tertiary/aromatic N) is 1. The molecular weight excluding hydrogens is 226 g/mol. The van der Waals surface area contributed by atoms with Crippen LogP contribution >= 0.6 is 0 Å². The van der Waals surface area contributed by atoms with Gasteiger partial charge in [-0.15, -0.1) is 0 Å². The van der Waals surface area contributed by atoms with Gasteiger partial charge in [0.1, 0.15) is 0 Å². The first kappa shape index (κ1) is 12.9. The zero-order valence-electron chi connectivity index (χ0n) is 10.7. The first-order chi connectivity index (χ1) is 8.84. The zero-order chi connectivity index (χ0) is 12.6. The molecule has 98 valence electrons. The molecule has 1 aromatic rings. The Morgan fingerprint density at radius 2 is 2.33 bits per heavy atom. The van der Waals surface area contributed by atoms with Crippen molar-refractivity contribution >= 4 is 12.0 Å². The Hall–Kier alpha value is -1.58. The molecule has 4 heteroatoms. The Morgan fingerprint density at radius 3 is 3.06 bits per heavy atom. The van der Waals surface area contributed by atoms with Crippen LogP contribution in [0.5, 0.6) is 0 Å². The van der Waals surface area contributed by atoms with Crippen molar-refractivity contribution in [3.05, 3.63) is 24.3 Å². The lowest BCUT2D eigenvalue weighted by Crippen LogP contribution is -2.23. The Kier molecular flexibility index (Phi) is 5.00. The number of imidazole rings is 1. The fourth-order valence-corrected chi connectivity index (χ4v) is 2.44. The van der Waals surface area contributed by atoms with Crippen LogP contribution in [0.15, 0.2) is 18.6 Å². The molecule has 0 spiro atoms. The maximum absolute atomic E-state index is 11.6. The molecule has 1 aliphatic rings. The van der Waals surface area contributed by atoms with Crippen molar-refractivity contribution in [1.82, 2.24) is 15.3 Å². The number of hydrogen-bond acceptors (Lipinski definition) is 2. The Bertz CT molecular complexity index is 378. The van der Waals surface area contributed by atoms with Gasteiger partial charge in [-0.3, -0.25) is 4.79 Å². The van der Waals surface area contributed by atoms with Gasteiger partial charge in [0.25, 0.3) is 0 Å². The highest BCUT2D eigenvalue weighted by Crippen LogP contribution is 2.28. The molecule has 1 aliphatic carbocycles. The van der Waals surface area contributed by atoms with Crippen molar-refractivity contribution in [2.75, 3.05) is 6.54 Å². The third kappa shape index (κ3) is 4.35. The number of carbonyl (C=O) groups excluding carboxylic acids is 1. The van der Waals surface area contributed by atoms with Crippen LogP contribution in [0.2, 0.25) is 0 Å². The maximum atomic E-state index is 11.6. The number of aromatic nitrogens is 2. The normalized spacial score (nSPS) is 16.4. The second-order valence-electron chi connectivity index (χ2n) is 4.90. The largest absolute Gasteiger partial charge is 0.353 e. The monoisotopic (exact) mass is 247 g/mol. The third-order valence-corrected chi connectivity index (χ3v) is 3.49. The van der Waals surface area contributed by atoms with Gasteiger partial charge in [-0.2, -0.15) is 0 Å². The summed E-state index contributed by atoms with van der Waals surface area (Å²) in [5.74, 6) is 0.951. The predicted octanol–water partition coefficient (Wildman–Crippen LogP) is 2.51. The van der Waals surface area contributed by atoms with E-state index in [0.717, 1.165) is 18.0 Å². The highest BCUT2D eigenvalue weighted by atomic mass is 16.1. The molecule has 0 aromatic carbocycles. The lowest BCUT2D eigenvalue weighted by atomic mass is 10.0. The molecule has 1 aromatic heterocycles. The molecule has 0 bridgehead atoms. The smallest absolute Gasteiger partial charge is 0.220 e. The number of nitrogens with one attached hydrogen (secondary N) is 2. The van der Waals surface area contributed by atoms with Gasteiger partial charge in [0, 0.05) is 13.0 Å². The first-order valence-corrected chi connectivity index (χ1v) is 6.76. The van der Waals surface area contributed by atoms with E-state index in [1.165, 1.54) is 25.7 Å². The van der Waals surface area contributed by atoms with Gasteiger partial charge in [-0.05, 0) is 18.4 Å². The van der Waals surface area contributed by atoms with Crippen molar-refractivity contribution in [3.63, 3.8) is 0 Å². The molecule has 1 amide bonds. The minimum Gasteiger partial charge on any atom is -0.353 e. The Labute approximate surface area is 108 Å². The number of rotatable bonds is 6. The van der Waals surface area contributed by atoms with E-state index in [1.54, 1.807) is 12.5 Å². The average Bonchev–Trinajstić information content (AvgIpc) is 3.04. The van der Waals surface area contributed by atoms with E-state index in [9.17, 15) is 4.79 Å². The van der Waals surface area contributed by atoms with Gasteiger partial charge >= 0.3 is 0 Å². The van der Waals surface area contributed by atoms with Crippen molar-refractivity contribution < 1.29 is 4.79 Å². The lowest BCUT2D eigenvalue weighted by Gasteiger charge is -2.07. The van der Waals surface area contributed by atoms with Crippen LogP contribution in [0.4, 0.5) is 0 Å². The summed E-state index contributed by atoms with van der Waals surface area (Å²) >= 11 is 0. The molecule has 1 saturated carbocycles. The van der Waals surface area contributed by atoms with Crippen LogP contribution in [-0.4, -0.2) is 22.4 Å². The molecular formula is C14H21N3O. The van der Waals surface area contributed by atoms with Crippen LogP contribution in [0.3, 0.4) is 0 Å². The summed E-state index contributed by atoms with van der Waals surface area (Å²) in [5.41, 5.74) is 0.954. The predicted molar refractivity (Wildman–Crippen MR) is 71.8 cm³/mol. The number of amides is 1. The van der Waals surface area contributed by atoms with Crippen molar-refractivity contribution in [2.24, 2.45) is 5.92 Å². The molecule has 0 aliphatic heterocycles. The van der Waals surface area contributed by atoms with Gasteiger partial charge in [0.2, 0.25) is 5.91 Å². The molecule has 2 rings (SSSR count). The fraction of sp³-hybridized carbons (Fsp3) is 0.571. The van der Waals surface area contributed by atoms with Crippen LogP contribution in [0.1, 0.15) is 44.2 Å². The van der Waals surface area contributed by atoms with E-state index in [4.69, 9.17) is 0 Å². The van der Waals surface area contributed by atoms with Crippen LogP contribution < -0.4 is 5.32 Å². The highest BCUT2D eigenvalue weighted by molar-refractivity contribution is 5.76. The molecule has 2 N–H and O–H groups in total. The summed E-state index contributed by atoms with van der Waals surface area (Å²) in [6, 6.07) is 0. The molecule has 0 radical (unpaired) electrons. The van der Waals surface area contributed by atoms with E-state index >= 15 is 0 Å². The van der Waals surface area contributed by atoms with Crippen molar-refractivity contribution in [3.8, 4) is 0 Å². The number of aromatic amines is 1. The van der Waals surface area contributed by atoms with E-state index in [0.29, 0.717) is 13.0 Å². The fourth-order valence-electron chi connectivity index (χ4n) is 2.44. The molecule has 1 heterocycles. The number of hydrogen-bond donors (Lipinski definition) is 2. The zero-order valence-corrected chi connectivity index (χ0v) is 10.7. The molecule has 0 unspecified atom stereocenters. The van der Waals surface area contributed by atoms with E-state index in [2.05, 4.69) is 15.3 Å². The van der Waals surface area contributed by atoms with Crippen LogP contribution in [-0.2, 0) is 4.79 Å². The molecule has 0 saturated heterocycles. The summed E-state index contributed by atoms with van der Waals surface area (Å²) < 4.78 is 0. The maximum Gasteiger partial charge on any atom is 0.220 e. The van der Waals surface area contributed by atoms with E-state index in [-0.39, 0.29) is 5.91 Å². The van der Waals surface area contributed by atoms with Crippen molar-refractivity contribution in [2.45, 2.75) is 38.5 Å². The first-order valence-electron chi connectivity index (χ1n) is 6.76. The lowest BCUT2D eigenvalue weighted by molar-refractivity contribution is -0.121. The van der Waals surface area contributed by atoms with Gasteiger partial charge in [0.05, 0.1) is 18.2 Å². The Balaban J connectivity index is 1.57. The van der Waals surface area contributed by atoms with E-state index in [1.807, 2.05) is 12.2 Å². The third-order valence-electron chi connectivity index (χ3n) is 3.49. The van der Waals surface area contributed by atoms with Crippen molar-refractivity contribution in [1.29, 1.82) is 0 Å². The average molecular weight is 247 g/mol. The highest BCUT2D eigenvalue weighted by Gasteiger charge is 2.15. The molecule has 4 nitrogen and oxygen atoms in total. The topological polar surface area (TPSA) is 57.8 Å². The minimum atomic E-state index is 0.163. The molecule has 1 fully saturated rings. The summed E-state index contributed by atoms with van der Waals surface area (Å²) in [4.78, 5) is 18.5. The van der Waals surface area contributed by atoms with E-state index < -0.39 is 0 Å². The quantitative estimate of drug-likeness (QED) is 0.811.